The van der Waals surface area contributed by atoms with Crippen LogP contribution in [0.5, 0.6) is 0 Å². The number of carbonyl (C=O) groups excluding carboxylic acids is 1. The Labute approximate surface area is 147 Å². The maximum absolute atomic E-state index is 12.5. The van der Waals surface area contributed by atoms with Crippen LogP contribution >= 0.6 is 0 Å². The minimum atomic E-state index is -3.28. The van der Waals surface area contributed by atoms with Crippen LogP contribution < -0.4 is 9.62 Å². The lowest BCUT2D eigenvalue weighted by Gasteiger charge is -2.27. The molecule has 7 nitrogen and oxygen atoms in total. The largest absolute Gasteiger partial charge is 0.481 e. The predicted molar refractivity (Wildman–Crippen MR) is 93.0 cm³/mol. The number of hydrogen-bond acceptors (Lipinski definition) is 4. The van der Waals surface area contributed by atoms with Crippen molar-refractivity contribution >= 4 is 27.6 Å². The number of amides is 1. The Morgan fingerprint density at radius 2 is 1.88 bits per heavy atom. The van der Waals surface area contributed by atoms with Gasteiger partial charge in [-0.3, -0.25) is 13.9 Å². The average molecular weight is 366 g/mol. The number of rotatable bonds is 4. The molecule has 1 aromatic carbocycles. The molecule has 8 heteroatoms. The van der Waals surface area contributed by atoms with Gasteiger partial charge in [-0.05, 0) is 50.3 Å². The number of nitrogens with zero attached hydrogens (tertiary/aromatic N) is 1. The van der Waals surface area contributed by atoms with Gasteiger partial charge in [-0.25, -0.2) is 8.42 Å². The van der Waals surface area contributed by atoms with Crippen LogP contribution in [0.3, 0.4) is 0 Å². The summed E-state index contributed by atoms with van der Waals surface area (Å²) in [5, 5.41) is 12.0. The number of anilines is 1. The van der Waals surface area contributed by atoms with Gasteiger partial charge in [0.2, 0.25) is 10.0 Å². The minimum absolute atomic E-state index is 0.0396. The zero-order valence-electron chi connectivity index (χ0n) is 13.8. The SMILES string of the molecule is O=C(NC1CCC(C(=O)O)CC1)c1cccc(N2CCCS2(=O)=O)c1. The van der Waals surface area contributed by atoms with E-state index in [2.05, 4.69) is 5.32 Å². The van der Waals surface area contributed by atoms with Gasteiger partial charge in [0.25, 0.3) is 5.91 Å². The van der Waals surface area contributed by atoms with Crippen molar-refractivity contribution in [3.05, 3.63) is 29.8 Å². The molecule has 1 saturated carbocycles. The van der Waals surface area contributed by atoms with Crippen molar-refractivity contribution < 1.29 is 23.1 Å². The second-order valence-corrected chi connectivity index (χ2v) is 8.67. The molecular weight excluding hydrogens is 344 g/mol. The summed E-state index contributed by atoms with van der Waals surface area (Å²) in [4.78, 5) is 23.4. The van der Waals surface area contributed by atoms with E-state index < -0.39 is 16.0 Å². The monoisotopic (exact) mass is 366 g/mol. The molecule has 2 aliphatic rings. The van der Waals surface area contributed by atoms with Gasteiger partial charge in [0, 0.05) is 18.2 Å². The topological polar surface area (TPSA) is 104 Å². The highest BCUT2D eigenvalue weighted by Gasteiger charge is 2.29. The molecule has 0 aromatic heterocycles. The van der Waals surface area contributed by atoms with Crippen molar-refractivity contribution in [1.82, 2.24) is 5.32 Å². The smallest absolute Gasteiger partial charge is 0.306 e. The molecule has 0 radical (unpaired) electrons. The third-order valence-corrected chi connectivity index (χ3v) is 6.78. The first-order chi connectivity index (χ1) is 11.9. The van der Waals surface area contributed by atoms with Gasteiger partial charge < -0.3 is 10.4 Å². The molecular formula is C17H22N2O5S. The Bertz CT molecular complexity index is 769. The maximum Gasteiger partial charge on any atom is 0.306 e. The summed E-state index contributed by atoms with van der Waals surface area (Å²) in [7, 11) is -3.28. The number of nitrogens with one attached hydrogen (secondary N) is 1. The van der Waals surface area contributed by atoms with Crippen molar-refractivity contribution in [1.29, 1.82) is 0 Å². The van der Waals surface area contributed by atoms with E-state index in [1.54, 1.807) is 24.3 Å². The van der Waals surface area contributed by atoms with Crippen LogP contribution in [-0.4, -0.2) is 43.7 Å². The highest BCUT2D eigenvalue weighted by molar-refractivity contribution is 7.93. The predicted octanol–water partition coefficient (Wildman–Crippen LogP) is 1.60. The van der Waals surface area contributed by atoms with Crippen molar-refractivity contribution in [3.8, 4) is 0 Å². The first kappa shape index (κ1) is 17.7. The summed E-state index contributed by atoms with van der Waals surface area (Å²) in [5.41, 5.74) is 0.930. The van der Waals surface area contributed by atoms with Gasteiger partial charge in [-0.2, -0.15) is 0 Å². The van der Waals surface area contributed by atoms with Gasteiger partial charge >= 0.3 is 5.97 Å². The van der Waals surface area contributed by atoms with Crippen LogP contribution in [0.15, 0.2) is 24.3 Å². The molecule has 0 unspecified atom stereocenters. The molecule has 1 aromatic rings. The van der Waals surface area contributed by atoms with Gasteiger partial charge in [0.15, 0.2) is 0 Å². The summed E-state index contributed by atoms with van der Waals surface area (Å²) in [5.74, 6) is -1.21. The number of carboxylic acids is 1. The molecule has 0 spiro atoms. The Kier molecular flexibility index (Phi) is 4.99. The second-order valence-electron chi connectivity index (χ2n) is 6.65. The van der Waals surface area contributed by atoms with Gasteiger partial charge in [-0.1, -0.05) is 6.07 Å². The molecule has 1 aliphatic heterocycles. The summed E-state index contributed by atoms with van der Waals surface area (Å²) in [6.45, 7) is 0.437. The van der Waals surface area contributed by atoms with E-state index in [1.165, 1.54) is 4.31 Å². The highest BCUT2D eigenvalue weighted by atomic mass is 32.2. The third kappa shape index (κ3) is 3.95. The normalized spacial score (nSPS) is 25.5. The molecule has 2 N–H and O–H groups in total. The van der Waals surface area contributed by atoms with E-state index in [4.69, 9.17) is 5.11 Å². The van der Waals surface area contributed by atoms with Crippen LogP contribution in [0.1, 0.15) is 42.5 Å². The second kappa shape index (κ2) is 7.03. The number of sulfonamides is 1. The Morgan fingerprint density at radius 3 is 2.48 bits per heavy atom. The van der Waals surface area contributed by atoms with E-state index in [-0.39, 0.29) is 23.6 Å². The lowest BCUT2D eigenvalue weighted by molar-refractivity contribution is -0.142. The summed E-state index contributed by atoms with van der Waals surface area (Å²) in [6, 6.07) is 6.59. The molecule has 1 saturated heterocycles. The van der Waals surface area contributed by atoms with Crippen LogP contribution in [0.4, 0.5) is 5.69 Å². The number of benzene rings is 1. The molecule has 0 bridgehead atoms. The van der Waals surface area contributed by atoms with Crippen LogP contribution in [0, 0.1) is 5.92 Å². The number of carboxylic acid groups (broad SMARTS) is 1. The van der Waals surface area contributed by atoms with E-state index >= 15 is 0 Å². The number of aliphatic carboxylic acids is 1. The third-order valence-electron chi connectivity index (χ3n) is 4.91. The van der Waals surface area contributed by atoms with Crippen molar-refractivity contribution in [3.63, 3.8) is 0 Å². The highest BCUT2D eigenvalue weighted by Crippen LogP contribution is 2.26. The van der Waals surface area contributed by atoms with E-state index in [1.807, 2.05) is 0 Å². The lowest BCUT2D eigenvalue weighted by Crippen LogP contribution is -2.38. The van der Waals surface area contributed by atoms with Crippen molar-refractivity contribution in [2.75, 3.05) is 16.6 Å². The first-order valence-electron chi connectivity index (χ1n) is 8.51. The summed E-state index contributed by atoms with van der Waals surface area (Å²) in [6.07, 6.45) is 3.00. The quantitative estimate of drug-likeness (QED) is 0.842. The van der Waals surface area contributed by atoms with Crippen LogP contribution in [0.2, 0.25) is 0 Å². The first-order valence-corrected chi connectivity index (χ1v) is 10.1. The van der Waals surface area contributed by atoms with Crippen LogP contribution in [-0.2, 0) is 14.8 Å². The molecule has 1 aliphatic carbocycles. The lowest BCUT2D eigenvalue weighted by atomic mass is 9.86. The Morgan fingerprint density at radius 1 is 1.16 bits per heavy atom. The molecule has 25 heavy (non-hydrogen) atoms. The molecule has 2 fully saturated rings. The van der Waals surface area contributed by atoms with Crippen molar-refractivity contribution in [2.24, 2.45) is 5.92 Å². The van der Waals surface area contributed by atoms with E-state index in [9.17, 15) is 18.0 Å². The zero-order chi connectivity index (χ0) is 18.0. The fourth-order valence-electron chi connectivity index (χ4n) is 3.49. The van der Waals surface area contributed by atoms with E-state index in [0.29, 0.717) is 49.9 Å². The maximum atomic E-state index is 12.5. The van der Waals surface area contributed by atoms with Gasteiger partial charge in [-0.15, -0.1) is 0 Å². The fourth-order valence-corrected chi connectivity index (χ4v) is 5.04. The number of carbonyl (C=O) groups is 2. The Hall–Kier alpha value is -2.09. The standard InChI is InChI=1S/C17H22N2O5S/c20-16(18-14-7-5-12(6-8-14)17(21)22)13-3-1-4-15(11-13)19-9-2-10-25(19,23)24/h1,3-4,11-12,14H,2,5-10H2,(H,18,20)(H,21,22). The molecule has 1 heterocycles. The molecule has 3 rings (SSSR count). The molecule has 1 amide bonds. The van der Waals surface area contributed by atoms with E-state index in [0.717, 1.165) is 0 Å². The molecule has 0 atom stereocenters. The Balaban J connectivity index is 1.65. The number of hydrogen-bond donors (Lipinski definition) is 2. The average Bonchev–Trinajstić information content (AvgIpc) is 2.94. The zero-order valence-corrected chi connectivity index (χ0v) is 14.7. The molecule has 136 valence electrons. The fraction of sp³-hybridized carbons (Fsp3) is 0.529. The van der Waals surface area contributed by atoms with Crippen LogP contribution in [0.25, 0.3) is 0 Å². The minimum Gasteiger partial charge on any atom is -0.481 e. The van der Waals surface area contributed by atoms with Gasteiger partial charge in [0.1, 0.15) is 0 Å². The summed E-state index contributed by atoms with van der Waals surface area (Å²) >= 11 is 0. The summed E-state index contributed by atoms with van der Waals surface area (Å²) < 4.78 is 25.4. The van der Waals surface area contributed by atoms with Crippen molar-refractivity contribution in [2.45, 2.75) is 38.1 Å². The van der Waals surface area contributed by atoms with Gasteiger partial charge in [0.05, 0.1) is 17.4 Å².